The van der Waals surface area contributed by atoms with E-state index in [1.807, 2.05) is 6.07 Å². The van der Waals surface area contributed by atoms with Gasteiger partial charge >= 0.3 is 0 Å². The van der Waals surface area contributed by atoms with Gasteiger partial charge in [-0.05, 0) is 17.7 Å². The Morgan fingerprint density at radius 1 is 1.24 bits per heavy atom. The number of anilines is 1. The predicted molar refractivity (Wildman–Crippen MR) is 74.2 cm³/mol. The van der Waals surface area contributed by atoms with E-state index in [-0.39, 0.29) is 33.6 Å². The van der Waals surface area contributed by atoms with Gasteiger partial charge in [0.05, 0.1) is 5.56 Å². The first-order valence-electron chi connectivity index (χ1n) is 5.66. The molecule has 1 aromatic heterocycles. The molecule has 0 aliphatic carbocycles. The van der Waals surface area contributed by atoms with E-state index < -0.39 is 11.4 Å². The topological polar surface area (TPSA) is 106 Å². The van der Waals surface area contributed by atoms with Crippen LogP contribution in [0.25, 0.3) is 11.1 Å². The number of aromatic nitrogens is 1. The zero-order chi connectivity index (χ0) is 15.6. The van der Waals surface area contributed by atoms with Gasteiger partial charge in [0.15, 0.2) is 0 Å². The van der Waals surface area contributed by atoms with Gasteiger partial charge in [0.2, 0.25) is 0 Å². The fourth-order valence-electron chi connectivity index (χ4n) is 1.92. The van der Waals surface area contributed by atoms with Crippen LogP contribution in [0.4, 0.5) is 10.2 Å². The molecule has 0 radical (unpaired) electrons. The van der Waals surface area contributed by atoms with Crippen LogP contribution in [0.15, 0.2) is 23.0 Å². The number of nitrogens with zero attached hydrogens (tertiary/aromatic N) is 2. The van der Waals surface area contributed by atoms with Gasteiger partial charge in [-0.3, -0.25) is 4.79 Å². The lowest BCUT2D eigenvalue weighted by Crippen LogP contribution is -2.16. The molecule has 0 saturated carbocycles. The maximum atomic E-state index is 13.4. The van der Waals surface area contributed by atoms with Crippen molar-refractivity contribution in [2.45, 2.75) is 0 Å². The average molecular weight is 278 g/mol. The smallest absolute Gasteiger partial charge is 0.268 e. The number of nitrogens with two attached hydrogens (primary N) is 1. The summed E-state index contributed by atoms with van der Waals surface area (Å²) < 4.78 is 13.4. The maximum absolute atomic E-state index is 13.4. The van der Waals surface area contributed by atoms with Crippen molar-refractivity contribution < 1.29 is 4.39 Å². The Hall–Kier alpha value is -3.56. The normalized spacial score (nSPS) is 9.43. The molecule has 3 N–H and O–H groups in total. The van der Waals surface area contributed by atoms with Gasteiger partial charge < -0.3 is 10.7 Å². The molecule has 0 atom stereocenters. The largest absolute Gasteiger partial charge is 0.384 e. The summed E-state index contributed by atoms with van der Waals surface area (Å²) in [6, 6.07) is 7.26. The zero-order valence-corrected chi connectivity index (χ0v) is 10.6. The van der Waals surface area contributed by atoms with E-state index in [9.17, 15) is 14.4 Å². The van der Waals surface area contributed by atoms with Crippen LogP contribution in [-0.4, -0.2) is 4.98 Å². The number of hydrogen-bond acceptors (Lipinski definition) is 4. The quantitative estimate of drug-likeness (QED) is 0.770. The molecule has 100 valence electrons. The first-order valence-corrected chi connectivity index (χ1v) is 5.66. The van der Waals surface area contributed by atoms with Crippen molar-refractivity contribution in [1.29, 1.82) is 10.5 Å². The number of pyridine rings is 1. The predicted octanol–water partition coefficient (Wildman–Crippen LogP) is 1.49. The van der Waals surface area contributed by atoms with Crippen LogP contribution < -0.4 is 11.3 Å². The van der Waals surface area contributed by atoms with Crippen LogP contribution in [0.5, 0.6) is 0 Å². The maximum Gasteiger partial charge on any atom is 0.268 e. The van der Waals surface area contributed by atoms with Crippen molar-refractivity contribution in [1.82, 2.24) is 4.98 Å². The minimum Gasteiger partial charge on any atom is -0.384 e. The number of benzene rings is 1. The summed E-state index contributed by atoms with van der Waals surface area (Å²) in [6.45, 7) is 0. The number of rotatable bonds is 1. The highest BCUT2D eigenvalue weighted by Crippen LogP contribution is 2.29. The number of halogens is 1. The van der Waals surface area contributed by atoms with Crippen molar-refractivity contribution in [2.75, 3.05) is 5.73 Å². The Balaban J connectivity index is 2.94. The standard InChI is InChI=1S/C15H7FN4O/c1-2-8-5-9(3-4-12(8)16)13-10(6-17)14(19)20-15(21)11(13)7-18/h1,3-5H,(H3,19,20,21). The molecule has 21 heavy (non-hydrogen) atoms. The van der Waals surface area contributed by atoms with E-state index in [0.717, 1.165) is 6.07 Å². The van der Waals surface area contributed by atoms with Crippen molar-refractivity contribution in [3.8, 4) is 35.6 Å². The Labute approximate surface area is 119 Å². The highest BCUT2D eigenvalue weighted by molar-refractivity contribution is 5.80. The average Bonchev–Trinajstić information content (AvgIpc) is 2.47. The highest BCUT2D eigenvalue weighted by atomic mass is 19.1. The Bertz CT molecular complexity index is 923. The number of nitrogens with one attached hydrogen (secondary N) is 1. The van der Waals surface area contributed by atoms with E-state index in [2.05, 4.69) is 10.9 Å². The molecule has 0 bridgehead atoms. The molecule has 0 aliphatic rings. The summed E-state index contributed by atoms with van der Waals surface area (Å²) in [5.41, 5.74) is 4.79. The summed E-state index contributed by atoms with van der Waals surface area (Å²) in [5.74, 6) is 1.37. The van der Waals surface area contributed by atoms with Crippen LogP contribution >= 0.6 is 0 Å². The SMILES string of the molecule is C#Cc1cc(-c2c(C#N)c(N)[nH]c(=O)c2C#N)ccc1F. The van der Waals surface area contributed by atoms with Crippen molar-refractivity contribution in [3.05, 3.63) is 51.1 Å². The third-order valence-electron chi connectivity index (χ3n) is 2.88. The number of hydrogen-bond donors (Lipinski definition) is 2. The monoisotopic (exact) mass is 278 g/mol. The van der Waals surface area contributed by atoms with E-state index in [4.69, 9.17) is 17.4 Å². The second kappa shape index (κ2) is 5.21. The van der Waals surface area contributed by atoms with Gasteiger partial charge in [-0.25, -0.2) is 4.39 Å². The Morgan fingerprint density at radius 3 is 2.48 bits per heavy atom. The second-order valence-electron chi connectivity index (χ2n) is 4.06. The van der Waals surface area contributed by atoms with Gasteiger partial charge in [-0.15, -0.1) is 6.42 Å². The summed E-state index contributed by atoms with van der Waals surface area (Å²) in [6.07, 6.45) is 5.19. The number of H-pyrrole nitrogens is 1. The van der Waals surface area contributed by atoms with Crippen molar-refractivity contribution in [2.24, 2.45) is 0 Å². The van der Waals surface area contributed by atoms with E-state index in [1.165, 1.54) is 12.1 Å². The lowest BCUT2D eigenvalue weighted by molar-refractivity contribution is 0.624. The fourth-order valence-corrected chi connectivity index (χ4v) is 1.92. The molecule has 0 unspecified atom stereocenters. The minimum atomic E-state index is -0.726. The molecule has 0 amide bonds. The van der Waals surface area contributed by atoms with Gasteiger partial charge in [0.25, 0.3) is 5.56 Å². The van der Waals surface area contributed by atoms with Crippen LogP contribution in [-0.2, 0) is 0 Å². The number of nitriles is 2. The fraction of sp³-hybridized carbons (Fsp3) is 0. The molecule has 0 aliphatic heterocycles. The number of aromatic amines is 1. The van der Waals surface area contributed by atoms with Gasteiger partial charge in [-0.2, -0.15) is 10.5 Å². The molecule has 2 aromatic rings. The molecular formula is C15H7FN4O. The van der Waals surface area contributed by atoms with Crippen LogP contribution in [0.1, 0.15) is 16.7 Å². The van der Waals surface area contributed by atoms with Gasteiger partial charge in [0, 0.05) is 5.56 Å². The molecular weight excluding hydrogens is 271 g/mol. The molecule has 6 heteroatoms. The highest BCUT2D eigenvalue weighted by Gasteiger charge is 2.18. The first kappa shape index (κ1) is 13.9. The Morgan fingerprint density at radius 2 is 1.90 bits per heavy atom. The van der Waals surface area contributed by atoms with Gasteiger partial charge in [0.1, 0.15) is 34.9 Å². The molecule has 5 nitrogen and oxygen atoms in total. The van der Waals surface area contributed by atoms with Crippen molar-refractivity contribution in [3.63, 3.8) is 0 Å². The minimum absolute atomic E-state index is 0.0396. The summed E-state index contributed by atoms with van der Waals surface area (Å²) in [7, 11) is 0. The van der Waals surface area contributed by atoms with Crippen LogP contribution in [0.3, 0.4) is 0 Å². The summed E-state index contributed by atoms with van der Waals surface area (Å²) in [4.78, 5) is 14.0. The lowest BCUT2D eigenvalue weighted by Gasteiger charge is -2.09. The number of terminal acetylenes is 1. The van der Waals surface area contributed by atoms with Crippen molar-refractivity contribution >= 4 is 5.82 Å². The molecule has 0 spiro atoms. The molecule has 0 fully saturated rings. The molecule has 1 heterocycles. The van der Waals surface area contributed by atoms with Gasteiger partial charge in [-0.1, -0.05) is 12.0 Å². The molecule has 2 rings (SSSR count). The third-order valence-corrected chi connectivity index (χ3v) is 2.88. The molecule has 1 aromatic carbocycles. The first-order chi connectivity index (χ1) is 10.0. The Kier molecular flexibility index (Phi) is 3.44. The van der Waals surface area contributed by atoms with E-state index >= 15 is 0 Å². The van der Waals surface area contributed by atoms with E-state index in [1.54, 1.807) is 6.07 Å². The lowest BCUT2D eigenvalue weighted by atomic mass is 9.95. The summed E-state index contributed by atoms with van der Waals surface area (Å²) in [5, 5.41) is 18.3. The third kappa shape index (κ3) is 2.20. The number of nitrogen functional groups attached to an aromatic ring is 1. The zero-order valence-electron chi connectivity index (χ0n) is 10.6. The second-order valence-corrected chi connectivity index (χ2v) is 4.06. The van der Waals surface area contributed by atoms with Crippen LogP contribution in [0, 0.1) is 40.8 Å². The summed E-state index contributed by atoms with van der Waals surface area (Å²) >= 11 is 0. The molecule has 0 saturated heterocycles. The van der Waals surface area contributed by atoms with Crippen LogP contribution in [0.2, 0.25) is 0 Å². The van der Waals surface area contributed by atoms with E-state index in [0.29, 0.717) is 0 Å².